The number of sulfonamides is 1. The highest BCUT2D eigenvalue weighted by molar-refractivity contribution is 7.89. The quantitative estimate of drug-likeness (QED) is 0.700. The molecule has 120 valence electrons. The average Bonchev–Trinajstić information content (AvgIpc) is 3.29. The van der Waals surface area contributed by atoms with E-state index in [1.165, 1.54) is 25.1 Å². The van der Waals surface area contributed by atoms with Crippen molar-refractivity contribution in [2.75, 3.05) is 13.1 Å². The summed E-state index contributed by atoms with van der Waals surface area (Å²) < 4.78 is 26.6. The Kier molecular flexibility index (Phi) is 5.31. The molecule has 0 atom stereocenters. The maximum atomic E-state index is 12.1. The van der Waals surface area contributed by atoms with Crippen molar-refractivity contribution in [1.29, 1.82) is 0 Å². The van der Waals surface area contributed by atoms with E-state index in [0.29, 0.717) is 18.0 Å². The molecule has 1 aromatic rings. The minimum Gasteiger partial charge on any atom is -0.356 e. The molecular formula is C15H20N2O4S. The highest BCUT2D eigenvalue weighted by Crippen LogP contribution is 2.27. The van der Waals surface area contributed by atoms with Crippen molar-refractivity contribution in [3.05, 3.63) is 29.8 Å². The average molecular weight is 324 g/mol. The van der Waals surface area contributed by atoms with Gasteiger partial charge in [0.25, 0.3) is 0 Å². The minimum atomic E-state index is -3.71. The lowest BCUT2D eigenvalue weighted by Gasteiger charge is -2.08. The summed E-state index contributed by atoms with van der Waals surface area (Å²) in [6, 6.07) is 5.83. The summed E-state index contributed by atoms with van der Waals surface area (Å²) >= 11 is 0. The van der Waals surface area contributed by atoms with Gasteiger partial charge in [0, 0.05) is 25.1 Å². The molecule has 2 rings (SSSR count). The maximum Gasteiger partial charge on any atom is 0.240 e. The number of nitrogens with one attached hydrogen (secondary N) is 2. The van der Waals surface area contributed by atoms with E-state index in [9.17, 15) is 18.0 Å². The first-order valence-corrected chi connectivity index (χ1v) is 8.74. The molecule has 0 heterocycles. The summed E-state index contributed by atoms with van der Waals surface area (Å²) in [7, 11) is -3.71. The van der Waals surface area contributed by atoms with E-state index in [0.717, 1.165) is 12.8 Å². The van der Waals surface area contributed by atoms with Gasteiger partial charge < -0.3 is 5.32 Å². The summed E-state index contributed by atoms with van der Waals surface area (Å²) in [5, 5.41) is 2.78. The molecule has 2 N–H and O–H groups in total. The molecule has 0 aliphatic heterocycles. The van der Waals surface area contributed by atoms with Crippen LogP contribution in [0.2, 0.25) is 0 Å². The van der Waals surface area contributed by atoms with Crippen LogP contribution < -0.4 is 10.0 Å². The van der Waals surface area contributed by atoms with E-state index in [-0.39, 0.29) is 29.6 Å². The Bertz CT molecular complexity index is 666. The minimum absolute atomic E-state index is 0.0265. The number of carbonyl (C=O) groups excluding carboxylic acids is 2. The van der Waals surface area contributed by atoms with Gasteiger partial charge in [-0.2, -0.15) is 0 Å². The van der Waals surface area contributed by atoms with Crippen LogP contribution >= 0.6 is 0 Å². The number of hydrogen-bond acceptors (Lipinski definition) is 4. The molecule has 0 radical (unpaired) electrons. The SMILES string of the molecule is CC(=O)c1cccc(S(=O)(=O)NCCC(=O)NCC2CC2)c1. The molecule has 6 nitrogen and oxygen atoms in total. The maximum absolute atomic E-state index is 12.1. The Morgan fingerprint density at radius 1 is 1.27 bits per heavy atom. The monoisotopic (exact) mass is 324 g/mol. The van der Waals surface area contributed by atoms with Crippen molar-refractivity contribution in [3.63, 3.8) is 0 Å². The fraction of sp³-hybridized carbons (Fsp3) is 0.467. The van der Waals surface area contributed by atoms with Crippen molar-refractivity contribution < 1.29 is 18.0 Å². The summed E-state index contributed by atoms with van der Waals surface area (Å²) in [6.45, 7) is 2.08. The van der Waals surface area contributed by atoms with Gasteiger partial charge in [0.2, 0.25) is 15.9 Å². The van der Waals surface area contributed by atoms with Gasteiger partial charge >= 0.3 is 0 Å². The standard InChI is InChI=1S/C15H20N2O4S/c1-11(18)13-3-2-4-14(9-13)22(20,21)17-8-7-15(19)16-10-12-5-6-12/h2-4,9,12,17H,5-8,10H2,1H3,(H,16,19). The highest BCUT2D eigenvalue weighted by atomic mass is 32.2. The number of hydrogen-bond donors (Lipinski definition) is 2. The van der Waals surface area contributed by atoms with Crippen molar-refractivity contribution in [3.8, 4) is 0 Å². The van der Waals surface area contributed by atoms with Crippen LogP contribution in [-0.2, 0) is 14.8 Å². The Balaban J connectivity index is 1.86. The third-order valence-electron chi connectivity index (χ3n) is 3.48. The molecule has 1 aromatic carbocycles. The van der Waals surface area contributed by atoms with E-state index in [1.54, 1.807) is 6.07 Å². The Morgan fingerprint density at radius 3 is 2.64 bits per heavy atom. The normalized spacial score (nSPS) is 14.6. The summed E-state index contributed by atoms with van der Waals surface area (Å²) in [4.78, 5) is 22.9. The van der Waals surface area contributed by atoms with Gasteiger partial charge in [0.05, 0.1) is 4.90 Å². The summed E-state index contributed by atoms with van der Waals surface area (Å²) in [6.07, 6.45) is 2.40. The van der Waals surface area contributed by atoms with Crippen LogP contribution in [0.15, 0.2) is 29.2 Å². The fourth-order valence-corrected chi connectivity index (χ4v) is 3.01. The number of carbonyl (C=O) groups is 2. The van der Waals surface area contributed by atoms with Crippen LogP contribution in [0.5, 0.6) is 0 Å². The predicted molar refractivity (Wildman–Crippen MR) is 82.0 cm³/mol. The van der Waals surface area contributed by atoms with E-state index in [1.807, 2.05) is 0 Å². The molecule has 0 unspecified atom stereocenters. The second-order valence-corrected chi connectivity index (χ2v) is 7.25. The third-order valence-corrected chi connectivity index (χ3v) is 4.94. The molecule has 22 heavy (non-hydrogen) atoms. The van der Waals surface area contributed by atoms with Crippen molar-refractivity contribution in [2.24, 2.45) is 5.92 Å². The molecule has 0 aromatic heterocycles. The van der Waals surface area contributed by atoms with Crippen LogP contribution in [0.4, 0.5) is 0 Å². The van der Waals surface area contributed by atoms with Gasteiger partial charge in [-0.25, -0.2) is 13.1 Å². The lowest BCUT2D eigenvalue weighted by Crippen LogP contribution is -2.31. The zero-order valence-corrected chi connectivity index (χ0v) is 13.3. The van der Waals surface area contributed by atoms with E-state index < -0.39 is 10.0 Å². The predicted octanol–water partition coefficient (Wildman–Crippen LogP) is 1.08. The van der Waals surface area contributed by atoms with Crippen LogP contribution in [0, 0.1) is 5.92 Å². The largest absolute Gasteiger partial charge is 0.356 e. The molecule has 1 amide bonds. The van der Waals surface area contributed by atoms with Crippen molar-refractivity contribution in [1.82, 2.24) is 10.0 Å². The Morgan fingerprint density at radius 2 is 2.00 bits per heavy atom. The highest BCUT2D eigenvalue weighted by Gasteiger charge is 2.21. The first-order chi connectivity index (χ1) is 10.4. The van der Waals surface area contributed by atoms with Crippen LogP contribution in [-0.4, -0.2) is 33.2 Å². The molecule has 1 aliphatic rings. The van der Waals surface area contributed by atoms with Gasteiger partial charge in [0.1, 0.15) is 0 Å². The first kappa shape index (κ1) is 16.6. The smallest absolute Gasteiger partial charge is 0.240 e. The molecule has 0 spiro atoms. The molecule has 7 heteroatoms. The van der Waals surface area contributed by atoms with Gasteiger partial charge in [-0.15, -0.1) is 0 Å². The Hall–Kier alpha value is -1.73. The van der Waals surface area contributed by atoms with E-state index >= 15 is 0 Å². The van der Waals surface area contributed by atoms with Crippen LogP contribution in [0.1, 0.15) is 36.5 Å². The number of Topliss-reactive ketones (excluding diaryl/α,β-unsaturated/α-hetero) is 1. The number of ketones is 1. The zero-order chi connectivity index (χ0) is 16.2. The van der Waals surface area contributed by atoms with Gasteiger partial charge in [-0.1, -0.05) is 12.1 Å². The van der Waals surface area contributed by atoms with E-state index in [4.69, 9.17) is 0 Å². The lowest BCUT2D eigenvalue weighted by atomic mass is 10.2. The van der Waals surface area contributed by atoms with Gasteiger partial charge in [-0.05, 0) is 37.8 Å². The zero-order valence-electron chi connectivity index (χ0n) is 12.5. The number of benzene rings is 1. The molecule has 1 saturated carbocycles. The number of amides is 1. The second kappa shape index (κ2) is 7.02. The Labute approximate surface area is 130 Å². The molecule has 0 saturated heterocycles. The molecular weight excluding hydrogens is 304 g/mol. The summed E-state index contributed by atoms with van der Waals surface area (Å²) in [5.74, 6) is 0.235. The summed E-state index contributed by atoms with van der Waals surface area (Å²) in [5.41, 5.74) is 0.338. The van der Waals surface area contributed by atoms with Gasteiger partial charge in [-0.3, -0.25) is 9.59 Å². The first-order valence-electron chi connectivity index (χ1n) is 7.26. The van der Waals surface area contributed by atoms with Crippen molar-refractivity contribution >= 4 is 21.7 Å². The van der Waals surface area contributed by atoms with Crippen molar-refractivity contribution in [2.45, 2.75) is 31.1 Å². The fourth-order valence-electron chi connectivity index (χ4n) is 1.93. The lowest BCUT2D eigenvalue weighted by molar-refractivity contribution is -0.120. The molecule has 0 bridgehead atoms. The van der Waals surface area contributed by atoms with Crippen LogP contribution in [0.3, 0.4) is 0 Å². The second-order valence-electron chi connectivity index (χ2n) is 5.48. The topological polar surface area (TPSA) is 92.3 Å². The number of rotatable bonds is 8. The third kappa shape index (κ3) is 4.92. The molecule has 1 fully saturated rings. The molecule has 1 aliphatic carbocycles. The van der Waals surface area contributed by atoms with Gasteiger partial charge in [0.15, 0.2) is 5.78 Å². The van der Waals surface area contributed by atoms with E-state index in [2.05, 4.69) is 10.0 Å². The van der Waals surface area contributed by atoms with Crippen LogP contribution in [0.25, 0.3) is 0 Å².